The van der Waals surface area contributed by atoms with Gasteiger partial charge in [-0.25, -0.2) is 0 Å². The lowest BCUT2D eigenvalue weighted by atomic mass is 10.3. The van der Waals surface area contributed by atoms with Crippen molar-refractivity contribution in [3.63, 3.8) is 0 Å². The summed E-state index contributed by atoms with van der Waals surface area (Å²) in [7, 11) is 1.65. The second kappa shape index (κ2) is 6.65. The predicted octanol–water partition coefficient (Wildman–Crippen LogP) is 1.10. The van der Waals surface area contributed by atoms with Crippen molar-refractivity contribution in [2.24, 2.45) is 0 Å². The number of nitrogen functional groups attached to an aromatic ring is 1. The first kappa shape index (κ1) is 14.7. The Labute approximate surface area is 122 Å². The van der Waals surface area contributed by atoms with E-state index >= 15 is 0 Å². The van der Waals surface area contributed by atoms with Crippen molar-refractivity contribution in [1.82, 2.24) is 10.2 Å². The third-order valence-electron chi connectivity index (χ3n) is 2.97. The van der Waals surface area contributed by atoms with Gasteiger partial charge in [-0.2, -0.15) is 0 Å². The fourth-order valence-corrected chi connectivity index (χ4v) is 2.57. The fraction of sp³-hybridized carbons (Fsp3) is 0.429. The molecule has 1 aromatic rings. The number of nitrogens with one attached hydrogen (secondary N) is 1. The van der Waals surface area contributed by atoms with Gasteiger partial charge in [0.25, 0.3) is 0 Å². The van der Waals surface area contributed by atoms with Gasteiger partial charge in [-0.1, -0.05) is 6.07 Å². The molecule has 0 heterocycles. The number of hydrogen-bond acceptors (Lipinski definition) is 4. The monoisotopic (exact) mass is 293 g/mol. The molecule has 5 nitrogen and oxygen atoms in total. The van der Waals surface area contributed by atoms with E-state index in [1.165, 1.54) is 16.7 Å². The number of benzene rings is 1. The van der Waals surface area contributed by atoms with Gasteiger partial charge < -0.3 is 16.0 Å². The number of nitrogens with zero attached hydrogens (tertiary/aromatic N) is 1. The molecule has 2 rings (SSSR count). The molecule has 0 unspecified atom stereocenters. The Morgan fingerprint density at radius 1 is 1.45 bits per heavy atom. The van der Waals surface area contributed by atoms with Crippen molar-refractivity contribution in [1.29, 1.82) is 0 Å². The number of carbonyl (C=O) groups is 2. The van der Waals surface area contributed by atoms with Crippen LogP contribution in [-0.4, -0.2) is 42.1 Å². The highest BCUT2D eigenvalue weighted by Crippen LogP contribution is 2.20. The lowest BCUT2D eigenvalue weighted by Crippen LogP contribution is -2.39. The summed E-state index contributed by atoms with van der Waals surface area (Å²) in [5.41, 5.74) is 6.36. The number of anilines is 1. The maximum absolute atomic E-state index is 11.9. The van der Waals surface area contributed by atoms with E-state index in [1.54, 1.807) is 13.1 Å². The standard InChI is InChI=1S/C14H19N3O2S/c1-17(8-13(18)16-11-5-6-11)14(19)9-20-12-4-2-3-10(15)7-12/h2-4,7,11H,5-6,8-9,15H2,1H3,(H,16,18). The summed E-state index contributed by atoms with van der Waals surface area (Å²) >= 11 is 1.42. The van der Waals surface area contributed by atoms with E-state index in [-0.39, 0.29) is 18.4 Å². The van der Waals surface area contributed by atoms with Crippen molar-refractivity contribution in [3.8, 4) is 0 Å². The zero-order valence-electron chi connectivity index (χ0n) is 11.5. The van der Waals surface area contributed by atoms with E-state index in [0.717, 1.165) is 17.7 Å². The maximum atomic E-state index is 11.9. The number of thioether (sulfide) groups is 1. The van der Waals surface area contributed by atoms with Gasteiger partial charge in [0.05, 0.1) is 12.3 Å². The lowest BCUT2D eigenvalue weighted by molar-refractivity contribution is -0.132. The third kappa shape index (κ3) is 4.77. The van der Waals surface area contributed by atoms with Gasteiger partial charge in [0.1, 0.15) is 0 Å². The number of rotatable bonds is 6. The third-order valence-corrected chi connectivity index (χ3v) is 3.95. The topological polar surface area (TPSA) is 75.4 Å². The van der Waals surface area contributed by atoms with E-state index in [0.29, 0.717) is 17.5 Å². The molecule has 1 aliphatic carbocycles. The normalized spacial score (nSPS) is 13.8. The van der Waals surface area contributed by atoms with Crippen molar-refractivity contribution in [2.75, 3.05) is 25.1 Å². The Bertz CT molecular complexity index is 503. The molecule has 0 aliphatic heterocycles. The van der Waals surface area contributed by atoms with Crippen LogP contribution in [0.15, 0.2) is 29.2 Å². The van der Waals surface area contributed by atoms with Crippen LogP contribution in [0.5, 0.6) is 0 Å². The minimum atomic E-state index is -0.0858. The number of nitrogens with two attached hydrogens (primary N) is 1. The molecule has 0 aromatic heterocycles. The van der Waals surface area contributed by atoms with Crippen LogP contribution < -0.4 is 11.1 Å². The average Bonchev–Trinajstić information content (AvgIpc) is 3.19. The van der Waals surface area contributed by atoms with Crippen molar-refractivity contribution in [2.45, 2.75) is 23.8 Å². The van der Waals surface area contributed by atoms with Gasteiger partial charge in [0.15, 0.2) is 0 Å². The number of hydrogen-bond donors (Lipinski definition) is 2. The molecule has 1 saturated carbocycles. The first-order valence-corrected chi connectivity index (χ1v) is 7.55. The zero-order valence-corrected chi connectivity index (χ0v) is 12.3. The Kier molecular flexibility index (Phi) is 4.89. The maximum Gasteiger partial charge on any atom is 0.239 e. The molecular weight excluding hydrogens is 274 g/mol. The molecule has 3 N–H and O–H groups in total. The first-order chi connectivity index (χ1) is 9.54. The molecule has 2 amide bonds. The van der Waals surface area contributed by atoms with Crippen LogP contribution in [0.3, 0.4) is 0 Å². The highest BCUT2D eigenvalue weighted by atomic mass is 32.2. The SMILES string of the molecule is CN(CC(=O)NC1CC1)C(=O)CSc1cccc(N)c1. The smallest absolute Gasteiger partial charge is 0.239 e. The second-order valence-corrected chi connectivity index (χ2v) is 6.00. The Balaban J connectivity index is 1.74. The van der Waals surface area contributed by atoms with Crippen LogP contribution in [0.2, 0.25) is 0 Å². The van der Waals surface area contributed by atoms with Gasteiger partial charge in [0.2, 0.25) is 11.8 Å². The summed E-state index contributed by atoms with van der Waals surface area (Å²) in [6.45, 7) is 0.118. The van der Waals surface area contributed by atoms with Crippen molar-refractivity contribution < 1.29 is 9.59 Å². The van der Waals surface area contributed by atoms with Crippen LogP contribution in [0.1, 0.15) is 12.8 Å². The summed E-state index contributed by atoms with van der Waals surface area (Å²) in [5, 5.41) is 2.86. The lowest BCUT2D eigenvalue weighted by Gasteiger charge is -2.16. The van der Waals surface area contributed by atoms with Crippen molar-refractivity contribution in [3.05, 3.63) is 24.3 Å². The number of amides is 2. The van der Waals surface area contributed by atoms with Gasteiger partial charge in [-0.05, 0) is 31.0 Å². The summed E-state index contributed by atoms with van der Waals surface area (Å²) in [4.78, 5) is 25.9. The molecule has 6 heteroatoms. The van der Waals surface area contributed by atoms with Crippen LogP contribution in [-0.2, 0) is 9.59 Å². The fourth-order valence-electron chi connectivity index (χ4n) is 1.66. The molecule has 1 aromatic carbocycles. The number of likely N-dealkylation sites (N-methyl/N-ethyl adjacent to an activating group) is 1. The first-order valence-electron chi connectivity index (χ1n) is 6.56. The van der Waals surface area contributed by atoms with E-state index in [4.69, 9.17) is 5.73 Å². The minimum absolute atomic E-state index is 0.0663. The van der Waals surface area contributed by atoms with Gasteiger partial charge >= 0.3 is 0 Å². The minimum Gasteiger partial charge on any atom is -0.399 e. The molecule has 20 heavy (non-hydrogen) atoms. The zero-order chi connectivity index (χ0) is 14.5. The number of carbonyl (C=O) groups excluding carboxylic acids is 2. The summed E-state index contributed by atoms with van der Waals surface area (Å²) < 4.78 is 0. The van der Waals surface area contributed by atoms with E-state index in [1.807, 2.05) is 18.2 Å². The second-order valence-electron chi connectivity index (χ2n) is 4.95. The Morgan fingerprint density at radius 2 is 2.20 bits per heavy atom. The van der Waals surface area contributed by atoms with Crippen molar-refractivity contribution >= 4 is 29.3 Å². The van der Waals surface area contributed by atoms with Gasteiger partial charge in [-0.15, -0.1) is 11.8 Å². The van der Waals surface area contributed by atoms with Gasteiger partial charge in [-0.3, -0.25) is 9.59 Å². The quantitative estimate of drug-likeness (QED) is 0.608. The summed E-state index contributed by atoms with van der Waals surface area (Å²) in [6.07, 6.45) is 2.10. The van der Waals surface area contributed by atoms with Crippen LogP contribution in [0, 0.1) is 0 Å². The van der Waals surface area contributed by atoms with Crippen LogP contribution in [0.4, 0.5) is 5.69 Å². The molecule has 1 fully saturated rings. The molecule has 0 spiro atoms. The average molecular weight is 293 g/mol. The van der Waals surface area contributed by atoms with Gasteiger partial charge in [0, 0.05) is 23.7 Å². The van der Waals surface area contributed by atoms with Crippen LogP contribution in [0.25, 0.3) is 0 Å². The molecule has 1 aliphatic rings. The van der Waals surface area contributed by atoms with E-state index in [2.05, 4.69) is 5.32 Å². The summed E-state index contributed by atoms with van der Waals surface area (Å²) in [5.74, 6) is 0.150. The molecule has 0 radical (unpaired) electrons. The highest BCUT2D eigenvalue weighted by molar-refractivity contribution is 8.00. The Hall–Kier alpha value is -1.69. The highest BCUT2D eigenvalue weighted by Gasteiger charge is 2.24. The molecule has 0 saturated heterocycles. The van der Waals surface area contributed by atoms with E-state index in [9.17, 15) is 9.59 Å². The molecular formula is C14H19N3O2S. The molecule has 108 valence electrons. The summed E-state index contributed by atoms with van der Waals surface area (Å²) in [6, 6.07) is 7.73. The predicted molar refractivity (Wildman–Crippen MR) is 80.4 cm³/mol. The Morgan fingerprint density at radius 3 is 2.85 bits per heavy atom. The molecule has 0 bridgehead atoms. The largest absolute Gasteiger partial charge is 0.399 e. The van der Waals surface area contributed by atoms with E-state index < -0.39 is 0 Å². The molecule has 0 atom stereocenters. The van der Waals surface area contributed by atoms with Crippen LogP contribution >= 0.6 is 11.8 Å².